The predicted octanol–water partition coefficient (Wildman–Crippen LogP) is 2.30. The molecular weight excluding hydrogens is 354 g/mol. The molecule has 2 aromatic heterocycles. The Kier molecular flexibility index (Phi) is 4.57. The maximum atomic E-state index is 12.2. The molecule has 0 radical (unpaired) electrons. The average Bonchev–Trinajstić information content (AvgIpc) is 3.14. The van der Waals surface area contributed by atoms with Gasteiger partial charge in [0.1, 0.15) is 11.4 Å². The molecule has 0 saturated carbocycles. The van der Waals surface area contributed by atoms with Crippen molar-refractivity contribution in [3.63, 3.8) is 0 Å². The van der Waals surface area contributed by atoms with E-state index in [4.69, 9.17) is 10.5 Å². The van der Waals surface area contributed by atoms with Gasteiger partial charge in [0.25, 0.3) is 5.91 Å². The number of hydrogen-bond donors (Lipinski definition) is 2. The van der Waals surface area contributed by atoms with Crippen LogP contribution in [0.2, 0.25) is 0 Å². The summed E-state index contributed by atoms with van der Waals surface area (Å²) in [6.45, 7) is 0.627. The van der Waals surface area contributed by atoms with E-state index in [0.29, 0.717) is 17.9 Å². The number of nitrogens with two attached hydrogens (primary N) is 1. The maximum Gasteiger partial charge on any atom is 0.255 e. The number of benzene rings is 1. The molecule has 3 heterocycles. The summed E-state index contributed by atoms with van der Waals surface area (Å²) in [6.07, 6.45) is 7.80. The fourth-order valence-corrected chi connectivity index (χ4v) is 3.56. The molecule has 142 valence electrons. The van der Waals surface area contributed by atoms with Crippen molar-refractivity contribution >= 4 is 23.3 Å². The fraction of sp³-hybridized carbons (Fsp3) is 0.190. The Labute approximate surface area is 162 Å². The highest BCUT2D eigenvalue weighted by Gasteiger charge is 2.23. The van der Waals surface area contributed by atoms with Crippen molar-refractivity contribution in [3.05, 3.63) is 59.5 Å². The summed E-state index contributed by atoms with van der Waals surface area (Å²) >= 11 is 0. The van der Waals surface area contributed by atoms with Gasteiger partial charge in [0.2, 0.25) is 0 Å². The Hall–Kier alpha value is -3.61. The number of carbonyl (C=O) groups is 1. The van der Waals surface area contributed by atoms with E-state index in [0.717, 1.165) is 40.0 Å². The minimum Gasteiger partial charge on any atom is -0.496 e. The molecule has 3 N–H and O–H groups in total. The van der Waals surface area contributed by atoms with Gasteiger partial charge in [0, 0.05) is 43.3 Å². The van der Waals surface area contributed by atoms with Crippen LogP contribution in [0.1, 0.15) is 21.5 Å². The Morgan fingerprint density at radius 1 is 1.39 bits per heavy atom. The van der Waals surface area contributed by atoms with Gasteiger partial charge in [-0.15, -0.1) is 0 Å². The van der Waals surface area contributed by atoms with Crippen LogP contribution in [-0.4, -0.2) is 42.2 Å². The van der Waals surface area contributed by atoms with Gasteiger partial charge in [-0.1, -0.05) is 0 Å². The van der Waals surface area contributed by atoms with Crippen molar-refractivity contribution < 1.29 is 9.53 Å². The highest BCUT2D eigenvalue weighted by molar-refractivity contribution is 6.09. The lowest BCUT2D eigenvalue weighted by Crippen LogP contribution is -2.32. The lowest BCUT2D eigenvalue weighted by Gasteiger charge is -2.20. The molecule has 0 aliphatic carbocycles. The minimum atomic E-state index is -0.0916. The number of hydrogen-bond acceptors (Lipinski definition) is 5. The number of carbonyl (C=O) groups excluding carboxylic acids is 1. The number of fused-ring (bicyclic) bond motifs is 2. The highest BCUT2D eigenvalue weighted by atomic mass is 16.5. The Morgan fingerprint density at radius 3 is 3.00 bits per heavy atom. The van der Waals surface area contributed by atoms with Crippen LogP contribution in [0.4, 0.5) is 0 Å². The molecule has 0 saturated heterocycles. The van der Waals surface area contributed by atoms with E-state index in [1.54, 1.807) is 20.4 Å². The molecule has 7 heteroatoms. The first kappa shape index (κ1) is 17.8. The van der Waals surface area contributed by atoms with Crippen LogP contribution in [0.3, 0.4) is 0 Å². The van der Waals surface area contributed by atoms with E-state index in [1.807, 2.05) is 41.1 Å². The van der Waals surface area contributed by atoms with Gasteiger partial charge in [-0.3, -0.25) is 14.2 Å². The number of rotatable bonds is 4. The average molecular weight is 375 g/mol. The monoisotopic (exact) mass is 375 g/mol. The minimum absolute atomic E-state index is 0.0916. The second kappa shape index (κ2) is 7.19. The molecule has 0 fully saturated rings. The zero-order valence-corrected chi connectivity index (χ0v) is 15.8. The number of amides is 1. The van der Waals surface area contributed by atoms with Crippen LogP contribution in [0.15, 0.2) is 47.9 Å². The third-order valence-electron chi connectivity index (χ3n) is 4.90. The second-order valence-corrected chi connectivity index (χ2v) is 6.51. The molecule has 4 rings (SSSR count). The number of aliphatic imine (C=N–C) groups is 1. The van der Waals surface area contributed by atoms with Crippen molar-refractivity contribution in [1.82, 2.24) is 14.7 Å². The van der Waals surface area contributed by atoms with Crippen LogP contribution in [-0.2, 0) is 6.42 Å². The van der Waals surface area contributed by atoms with Crippen LogP contribution in [0.25, 0.3) is 22.5 Å². The molecule has 1 aliphatic rings. The summed E-state index contributed by atoms with van der Waals surface area (Å²) in [6, 6.07) is 7.87. The van der Waals surface area contributed by atoms with Gasteiger partial charge in [-0.2, -0.15) is 0 Å². The number of pyridine rings is 1. The van der Waals surface area contributed by atoms with Gasteiger partial charge in [0.05, 0.1) is 24.6 Å². The van der Waals surface area contributed by atoms with Crippen molar-refractivity contribution in [3.8, 4) is 17.0 Å². The number of aromatic nitrogens is 2. The number of allylic oxidation sites excluding steroid dienone is 1. The summed E-state index contributed by atoms with van der Waals surface area (Å²) < 4.78 is 7.50. The summed E-state index contributed by atoms with van der Waals surface area (Å²) in [5, 5.41) is 2.87. The molecule has 0 bridgehead atoms. The van der Waals surface area contributed by atoms with Crippen LogP contribution < -0.4 is 15.8 Å². The van der Waals surface area contributed by atoms with E-state index in [1.165, 1.54) is 6.20 Å². The summed E-state index contributed by atoms with van der Waals surface area (Å²) in [5.74, 6) is 0.481. The first-order valence-electron chi connectivity index (χ1n) is 8.97. The van der Waals surface area contributed by atoms with Crippen LogP contribution >= 0.6 is 0 Å². The third kappa shape index (κ3) is 2.90. The summed E-state index contributed by atoms with van der Waals surface area (Å²) in [5.41, 5.74) is 11.8. The molecule has 1 amide bonds. The van der Waals surface area contributed by atoms with E-state index in [-0.39, 0.29) is 5.91 Å². The molecular formula is C21H21N5O2. The lowest BCUT2D eigenvalue weighted by molar-refractivity contribution is 0.0942. The van der Waals surface area contributed by atoms with Gasteiger partial charge < -0.3 is 15.8 Å². The second-order valence-electron chi connectivity index (χ2n) is 6.51. The van der Waals surface area contributed by atoms with E-state index in [2.05, 4.69) is 15.3 Å². The number of imidazole rings is 1. The van der Waals surface area contributed by atoms with Crippen molar-refractivity contribution in [2.24, 2.45) is 10.7 Å². The maximum absolute atomic E-state index is 12.2. The fourth-order valence-electron chi connectivity index (χ4n) is 3.56. The molecule has 3 aromatic rings. The van der Waals surface area contributed by atoms with Gasteiger partial charge >= 0.3 is 0 Å². The third-order valence-corrected chi connectivity index (χ3v) is 4.90. The van der Waals surface area contributed by atoms with Crippen LogP contribution in [0.5, 0.6) is 5.75 Å². The number of methoxy groups -OCH3 is 1. The molecule has 1 aromatic carbocycles. The number of nitrogens with zero attached hydrogens (tertiary/aromatic N) is 3. The number of nitrogens with one attached hydrogen (secondary N) is 1. The van der Waals surface area contributed by atoms with Gasteiger partial charge in [0.15, 0.2) is 0 Å². The van der Waals surface area contributed by atoms with E-state index >= 15 is 0 Å². The SMILES string of the molecule is CN=CC(=CN)c1ccn2c(-c3cc4c(c(OC)c3)C(=O)NCC4)cnc2c1. The Bertz CT molecular complexity index is 1110. The molecule has 7 nitrogen and oxygen atoms in total. The molecule has 28 heavy (non-hydrogen) atoms. The quantitative estimate of drug-likeness (QED) is 0.684. The Balaban J connectivity index is 1.83. The zero-order valence-electron chi connectivity index (χ0n) is 15.8. The first-order valence-corrected chi connectivity index (χ1v) is 8.97. The number of ether oxygens (including phenoxy) is 1. The van der Waals surface area contributed by atoms with E-state index in [9.17, 15) is 4.79 Å². The standard InChI is InChI=1S/C21H21N5O2/c1-23-11-16(10-22)13-4-6-26-17(12-25-19(26)9-13)15-7-14-3-5-24-21(27)20(14)18(8-15)28-2/h4,6-12H,3,5,22H2,1-2H3,(H,24,27). The highest BCUT2D eigenvalue weighted by Crippen LogP contribution is 2.32. The van der Waals surface area contributed by atoms with Crippen LogP contribution in [0, 0.1) is 0 Å². The Morgan fingerprint density at radius 2 is 2.25 bits per heavy atom. The first-order chi connectivity index (χ1) is 13.7. The molecule has 1 aliphatic heterocycles. The molecule has 0 spiro atoms. The van der Waals surface area contributed by atoms with Gasteiger partial charge in [-0.05, 0) is 41.8 Å². The normalized spacial score (nSPS) is 14.4. The van der Waals surface area contributed by atoms with Crippen molar-refractivity contribution in [1.29, 1.82) is 0 Å². The summed E-state index contributed by atoms with van der Waals surface area (Å²) in [7, 11) is 3.29. The van der Waals surface area contributed by atoms with E-state index < -0.39 is 0 Å². The zero-order chi connectivity index (χ0) is 19.7. The largest absolute Gasteiger partial charge is 0.496 e. The van der Waals surface area contributed by atoms with Crippen molar-refractivity contribution in [2.75, 3.05) is 20.7 Å². The predicted molar refractivity (Wildman–Crippen MR) is 110 cm³/mol. The smallest absolute Gasteiger partial charge is 0.255 e. The molecule has 0 unspecified atom stereocenters. The molecule has 0 atom stereocenters. The topological polar surface area (TPSA) is 94.0 Å². The van der Waals surface area contributed by atoms with Gasteiger partial charge in [-0.25, -0.2) is 4.98 Å². The summed E-state index contributed by atoms with van der Waals surface area (Å²) in [4.78, 5) is 20.8. The van der Waals surface area contributed by atoms with Crippen molar-refractivity contribution in [2.45, 2.75) is 6.42 Å². The lowest BCUT2D eigenvalue weighted by atomic mass is 9.95.